The molecule has 5 atom stereocenters. The van der Waals surface area contributed by atoms with E-state index in [2.05, 4.69) is 33.0 Å². The average molecular weight is 251 g/mol. The highest BCUT2D eigenvalue weighted by Gasteiger charge is 2.61. The zero-order valence-electron chi connectivity index (χ0n) is 12.5. The lowest BCUT2D eigenvalue weighted by Gasteiger charge is -2.41. The van der Waals surface area contributed by atoms with Crippen LogP contribution in [0.3, 0.4) is 0 Å². The average Bonchev–Trinajstić information content (AvgIpc) is 2.95. The Kier molecular flexibility index (Phi) is 3.02. The summed E-state index contributed by atoms with van der Waals surface area (Å²) >= 11 is 0. The number of hydrogen-bond acceptors (Lipinski definition) is 2. The van der Waals surface area contributed by atoms with Crippen LogP contribution in [-0.2, 0) is 4.74 Å². The third-order valence-corrected chi connectivity index (χ3v) is 6.78. The van der Waals surface area contributed by atoms with E-state index in [0.29, 0.717) is 29.0 Å². The van der Waals surface area contributed by atoms with Crippen LogP contribution in [0.4, 0.5) is 0 Å². The van der Waals surface area contributed by atoms with Gasteiger partial charge >= 0.3 is 0 Å². The van der Waals surface area contributed by atoms with Gasteiger partial charge in [-0.25, -0.2) is 0 Å². The van der Waals surface area contributed by atoms with Crippen LogP contribution in [0.2, 0.25) is 0 Å². The van der Waals surface area contributed by atoms with E-state index in [1.807, 2.05) is 0 Å². The highest BCUT2D eigenvalue weighted by atomic mass is 16.5. The van der Waals surface area contributed by atoms with Crippen molar-refractivity contribution in [1.29, 1.82) is 0 Å². The fraction of sp³-hybridized carbons (Fsp3) is 1.00. The van der Waals surface area contributed by atoms with Crippen LogP contribution in [0.5, 0.6) is 0 Å². The van der Waals surface area contributed by atoms with Gasteiger partial charge in [-0.2, -0.15) is 0 Å². The van der Waals surface area contributed by atoms with Gasteiger partial charge in [0.1, 0.15) is 0 Å². The second-order valence-corrected chi connectivity index (χ2v) is 7.67. The number of fused-ring (bicyclic) bond motifs is 2. The smallest absolute Gasteiger partial charge is 0.0726 e. The molecule has 0 amide bonds. The van der Waals surface area contributed by atoms with E-state index in [9.17, 15) is 0 Å². The van der Waals surface area contributed by atoms with E-state index in [4.69, 9.17) is 4.74 Å². The van der Waals surface area contributed by atoms with Crippen molar-refractivity contribution in [2.45, 2.75) is 78.0 Å². The van der Waals surface area contributed by atoms with Gasteiger partial charge in [0.15, 0.2) is 0 Å². The molecular weight excluding hydrogens is 222 g/mol. The van der Waals surface area contributed by atoms with Gasteiger partial charge in [0, 0.05) is 18.7 Å². The maximum atomic E-state index is 5.83. The molecule has 1 saturated heterocycles. The fourth-order valence-corrected chi connectivity index (χ4v) is 4.88. The summed E-state index contributed by atoms with van der Waals surface area (Å²) < 4.78 is 5.83. The van der Waals surface area contributed by atoms with Gasteiger partial charge in [-0.05, 0) is 55.8 Å². The molecular formula is C16H29NO. The summed E-state index contributed by atoms with van der Waals surface area (Å²) in [6, 6.07) is 1.22. The Labute approximate surface area is 112 Å². The quantitative estimate of drug-likeness (QED) is 0.830. The molecule has 0 aromatic rings. The Morgan fingerprint density at radius 1 is 1.22 bits per heavy atom. The summed E-state index contributed by atoms with van der Waals surface area (Å²) in [5, 5.41) is 3.92. The predicted octanol–water partition coefficient (Wildman–Crippen LogP) is 3.36. The molecule has 0 aromatic heterocycles. The van der Waals surface area contributed by atoms with E-state index in [1.54, 1.807) is 0 Å². The first-order valence-corrected chi connectivity index (χ1v) is 7.83. The first kappa shape index (κ1) is 12.9. The minimum Gasteiger partial charge on any atom is -0.377 e. The van der Waals surface area contributed by atoms with Crippen molar-refractivity contribution in [2.75, 3.05) is 6.61 Å². The molecule has 1 N–H and O–H groups in total. The van der Waals surface area contributed by atoms with Crippen LogP contribution >= 0.6 is 0 Å². The van der Waals surface area contributed by atoms with Gasteiger partial charge in [-0.3, -0.25) is 0 Å². The Morgan fingerprint density at radius 2 is 2.00 bits per heavy atom. The predicted molar refractivity (Wildman–Crippen MR) is 74.6 cm³/mol. The first-order chi connectivity index (χ1) is 8.45. The van der Waals surface area contributed by atoms with Crippen molar-refractivity contribution in [2.24, 2.45) is 16.7 Å². The third kappa shape index (κ3) is 1.68. The van der Waals surface area contributed by atoms with Crippen LogP contribution < -0.4 is 5.32 Å². The van der Waals surface area contributed by atoms with Crippen molar-refractivity contribution in [3.8, 4) is 0 Å². The first-order valence-electron chi connectivity index (χ1n) is 7.83. The van der Waals surface area contributed by atoms with Gasteiger partial charge in [0.2, 0.25) is 0 Å². The molecule has 3 fully saturated rings. The van der Waals surface area contributed by atoms with Crippen LogP contribution in [0, 0.1) is 16.7 Å². The topological polar surface area (TPSA) is 21.3 Å². The van der Waals surface area contributed by atoms with Gasteiger partial charge in [0.25, 0.3) is 0 Å². The van der Waals surface area contributed by atoms with Crippen LogP contribution in [0.25, 0.3) is 0 Å². The molecule has 2 bridgehead atoms. The highest BCUT2D eigenvalue weighted by Crippen LogP contribution is 2.65. The Balaban J connectivity index is 1.68. The van der Waals surface area contributed by atoms with E-state index < -0.39 is 0 Å². The van der Waals surface area contributed by atoms with Crippen LogP contribution in [0.15, 0.2) is 0 Å². The number of nitrogens with one attached hydrogen (secondary N) is 1. The van der Waals surface area contributed by atoms with Crippen molar-refractivity contribution >= 4 is 0 Å². The molecule has 1 heterocycles. The van der Waals surface area contributed by atoms with Crippen molar-refractivity contribution in [3.05, 3.63) is 0 Å². The van der Waals surface area contributed by atoms with Crippen molar-refractivity contribution in [3.63, 3.8) is 0 Å². The fourth-order valence-electron chi connectivity index (χ4n) is 4.88. The molecule has 3 aliphatic rings. The minimum absolute atomic E-state index is 0.454. The molecule has 2 saturated carbocycles. The van der Waals surface area contributed by atoms with E-state index in [1.165, 1.54) is 32.1 Å². The summed E-state index contributed by atoms with van der Waals surface area (Å²) in [6.45, 7) is 10.8. The zero-order valence-corrected chi connectivity index (χ0v) is 12.5. The van der Waals surface area contributed by atoms with Gasteiger partial charge in [-0.1, -0.05) is 20.8 Å². The summed E-state index contributed by atoms with van der Waals surface area (Å²) in [5.74, 6) is 0.927. The Hall–Kier alpha value is -0.0800. The maximum absolute atomic E-state index is 5.83. The van der Waals surface area contributed by atoms with E-state index >= 15 is 0 Å². The highest BCUT2D eigenvalue weighted by molar-refractivity contribution is 5.13. The molecule has 2 nitrogen and oxygen atoms in total. The van der Waals surface area contributed by atoms with Crippen molar-refractivity contribution in [1.82, 2.24) is 5.32 Å². The molecule has 2 aliphatic carbocycles. The Bertz CT molecular complexity index is 321. The standard InChI is InChI=1S/C16H29NO/c1-11(13-6-5-9-18-13)17-14-10-12-7-8-16(14,4)15(12,2)3/h11-14,17H,5-10H2,1-4H3. The van der Waals surface area contributed by atoms with Crippen LogP contribution in [0.1, 0.15) is 59.8 Å². The summed E-state index contributed by atoms with van der Waals surface area (Å²) in [4.78, 5) is 0. The van der Waals surface area contributed by atoms with E-state index in [0.717, 1.165) is 12.5 Å². The summed E-state index contributed by atoms with van der Waals surface area (Å²) in [5.41, 5.74) is 1.01. The van der Waals surface area contributed by atoms with Gasteiger partial charge in [-0.15, -0.1) is 0 Å². The van der Waals surface area contributed by atoms with Crippen LogP contribution in [-0.4, -0.2) is 24.8 Å². The summed E-state index contributed by atoms with van der Waals surface area (Å²) in [6.07, 6.45) is 7.16. The Morgan fingerprint density at radius 3 is 2.50 bits per heavy atom. The summed E-state index contributed by atoms with van der Waals surface area (Å²) in [7, 11) is 0. The molecule has 3 rings (SSSR count). The number of rotatable bonds is 3. The van der Waals surface area contributed by atoms with Gasteiger partial charge in [0.05, 0.1) is 6.10 Å². The molecule has 0 aromatic carbocycles. The largest absolute Gasteiger partial charge is 0.377 e. The SMILES string of the molecule is CC(NC1CC2CCC1(C)C2(C)C)C1CCCO1. The van der Waals surface area contributed by atoms with Crippen molar-refractivity contribution < 1.29 is 4.74 Å². The van der Waals surface area contributed by atoms with Gasteiger partial charge < -0.3 is 10.1 Å². The zero-order chi connectivity index (χ0) is 13.0. The second-order valence-electron chi connectivity index (χ2n) is 7.67. The maximum Gasteiger partial charge on any atom is 0.0726 e. The third-order valence-electron chi connectivity index (χ3n) is 6.78. The lowest BCUT2D eigenvalue weighted by Crippen LogP contribution is -2.50. The molecule has 1 aliphatic heterocycles. The van der Waals surface area contributed by atoms with E-state index in [-0.39, 0.29) is 0 Å². The number of ether oxygens (including phenoxy) is 1. The minimum atomic E-state index is 0.454. The molecule has 2 heteroatoms. The lowest BCUT2D eigenvalue weighted by atomic mass is 9.69. The normalized spacial score (nSPS) is 47.7. The monoisotopic (exact) mass is 251 g/mol. The lowest BCUT2D eigenvalue weighted by molar-refractivity contribution is 0.0599. The molecule has 0 radical (unpaired) electrons. The molecule has 104 valence electrons. The second kappa shape index (κ2) is 4.21. The number of hydrogen-bond donors (Lipinski definition) is 1. The molecule has 18 heavy (non-hydrogen) atoms. The molecule has 5 unspecified atom stereocenters. The molecule has 0 spiro atoms.